The Labute approximate surface area is 118 Å². The van der Waals surface area contributed by atoms with Crippen molar-refractivity contribution in [2.75, 3.05) is 18.4 Å². The van der Waals surface area contributed by atoms with Crippen molar-refractivity contribution in [3.63, 3.8) is 0 Å². The lowest BCUT2D eigenvalue weighted by molar-refractivity contribution is -0.125. The second-order valence-corrected chi connectivity index (χ2v) is 4.77. The minimum absolute atomic E-state index is 0.347. The number of nitrogens with one attached hydrogen (secondary N) is 3. The zero-order valence-corrected chi connectivity index (χ0v) is 11.0. The quantitative estimate of drug-likeness (QED) is 0.773. The van der Waals surface area contributed by atoms with Gasteiger partial charge in [-0.3, -0.25) is 14.9 Å². The number of benzene rings is 1. The van der Waals surface area contributed by atoms with E-state index < -0.39 is 42.6 Å². The first kappa shape index (κ1) is 15.3. The molecule has 1 fully saturated rings. The van der Waals surface area contributed by atoms with Gasteiger partial charge >= 0.3 is 0 Å². The summed E-state index contributed by atoms with van der Waals surface area (Å²) < 4.78 is 38.5. The summed E-state index contributed by atoms with van der Waals surface area (Å²) in [7, 11) is 0. The number of carbonyl (C=O) groups excluding carboxylic acids is 2. The van der Waals surface area contributed by atoms with E-state index in [2.05, 4.69) is 16.0 Å². The maximum absolute atomic E-state index is 12.9. The van der Waals surface area contributed by atoms with Crippen LogP contribution in [-0.2, 0) is 9.59 Å². The lowest BCUT2D eigenvalue weighted by Crippen LogP contribution is -2.43. The second kappa shape index (κ2) is 6.13. The largest absolute Gasteiger partial charge is 0.346 e. The lowest BCUT2D eigenvalue weighted by atomic mass is 10.2. The summed E-state index contributed by atoms with van der Waals surface area (Å²) in [5.74, 6) is -4.52. The third-order valence-electron chi connectivity index (χ3n) is 2.98. The standard InChI is InChI=1S/C13H14F3N3O2/c14-8-1-3-9(4-2-8)19-11(20)6-17-12(21)10-5-13(15,16)7-18-10/h1-4,10,18H,5-7H2,(H,17,21)(H,19,20). The van der Waals surface area contributed by atoms with Crippen molar-refractivity contribution in [2.24, 2.45) is 0 Å². The first-order valence-electron chi connectivity index (χ1n) is 6.30. The van der Waals surface area contributed by atoms with Gasteiger partial charge in [0.15, 0.2) is 0 Å². The predicted molar refractivity (Wildman–Crippen MR) is 69.4 cm³/mol. The number of alkyl halides is 2. The first-order chi connectivity index (χ1) is 9.85. The summed E-state index contributed by atoms with van der Waals surface area (Å²) in [5.41, 5.74) is 0.376. The van der Waals surface area contributed by atoms with Crippen LogP contribution in [0.25, 0.3) is 0 Å². The van der Waals surface area contributed by atoms with Gasteiger partial charge in [0.25, 0.3) is 5.92 Å². The molecule has 1 unspecified atom stereocenters. The molecule has 5 nitrogen and oxygen atoms in total. The maximum Gasteiger partial charge on any atom is 0.262 e. The van der Waals surface area contributed by atoms with E-state index in [0.29, 0.717) is 5.69 Å². The number of rotatable bonds is 4. The van der Waals surface area contributed by atoms with Gasteiger partial charge in [-0.1, -0.05) is 0 Å². The Kier molecular flexibility index (Phi) is 4.46. The van der Waals surface area contributed by atoms with Crippen LogP contribution < -0.4 is 16.0 Å². The Bertz CT molecular complexity index is 534. The lowest BCUT2D eigenvalue weighted by Gasteiger charge is -2.11. The molecule has 21 heavy (non-hydrogen) atoms. The Morgan fingerprint density at radius 2 is 1.95 bits per heavy atom. The van der Waals surface area contributed by atoms with Gasteiger partial charge in [-0.25, -0.2) is 13.2 Å². The van der Waals surface area contributed by atoms with E-state index in [1.165, 1.54) is 24.3 Å². The molecule has 2 amide bonds. The number of anilines is 1. The summed E-state index contributed by atoms with van der Waals surface area (Å²) in [6, 6.07) is 4.10. The molecule has 0 spiro atoms. The van der Waals surface area contributed by atoms with Crippen molar-refractivity contribution in [3.8, 4) is 0 Å². The van der Waals surface area contributed by atoms with E-state index in [1.807, 2.05) is 0 Å². The van der Waals surface area contributed by atoms with Crippen LogP contribution in [-0.4, -0.2) is 36.9 Å². The van der Waals surface area contributed by atoms with Crippen molar-refractivity contribution in [2.45, 2.75) is 18.4 Å². The van der Waals surface area contributed by atoms with Crippen molar-refractivity contribution < 1.29 is 22.8 Å². The van der Waals surface area contributed by atoms with Gasteiger partial charge in [0.2, 0.25) is 11.8 Å². The predicted octanol–water partition coefficient (Wildman–Crippen LogP) is 0.878. The molecule has 0 bridgehead atoms. The Balaban J connectivity index is 1.76. The molecule has 0 saturated carbocycles. The van der Waals surface area contributed by atoms with Crippen LogP contribution in [0, 0.1) is 5.82 Å². The van der Waals surface area contributed by atoms with Crippen molar-refractivity contribution in [1.29, 1.82) is 0 Å². The molecule has 0 aromatic heterocycles. The van der Waals surface area contributed by atoms with Crippen LogP contribution in [0.15, 0.2) is 24.3 Å². The number of carbonyl (C=O) groups is 2. The highest BCUT2D eigenvalue weighted by Gasteiger charge is 2.42. The molecule has 1 aromatic carbocycles. The highest BCUT2D eigenvalue weighted by Crippen LogP contribution is 2.24. The van der Waals surface area contributed by atoms with Gasteiger partial charge in [0.1, 0.15) is 5.82 Å². The molecule has 114 valence electrons. The molecule has 1 atom stereocenters. The Hall–Kier alpha value is -2.09. The summed E-state index contributed by atoms with van der Waals surface area (Å²) in [6.07, 6.45) is -0.585. The minimum Gasteiger partial charge on any atom is -0.346 e. The van der Waals surface area contributed by atoms with Crippen molar-refractivity contribution in [1.82, 2.24) is 10.6 Å². The molecule has 1 heterocycles. The van der Waals surface area contributed by atoms with Gasteiger partial charge < -0.3 is 10.6 Å². The highest BCUT2D eigenvalue weighted by atomic mass is 19.3. The molecule has 1 saturated heterocycles. The van der Waals surface area contributed by atoms with Gasteiger partial charge in [-0.15, -0.1) is 0 Å². The maximum atomic E-state index is 12.9. The topological polar surface area (TPSA) is 70.2 Å². The molecule has 2 rings (SSSR count). The van der Waals surface area contributed by atoms with Gasteiger partial charge in [-0.2, -0.15) is 0 Å². The van der Waals surface area contributed by atoms with Crippen LogP contribution in [0.1, 0.15) is 6.42 Å². The monoisotopic (exact) mass is 301 g/mol. The minimum atomic E-state index is -2.90. The first-order valence-corrected chi connectivity index (χ1v) is 6.30. The molecule has 1 aromatic rings. The van der Waals surface area contributed by atoms with E-state index >= 15 is 0 Å². The molecule has 1 aliphatic rings. The second-order valence-electron chi connectivity index (χ2n) is 4.77. The molecule has 8 heteroatoms. The van der Waals surface area contributed by atoms with E-state index in [0.717, 1.165) is 0 Å². The molecule has 0 aliphatic carbocycles. The third kappa shape index (κ3) is 4.45. The van der Waals surface area contributed by atoms with Crippen LogP contribution in [0.2, 0.25) is 0 Å². The van der Waals surface area contributed by atoms with Gasteiger partial charge in [-0.05, 0) is 24.3 Å². The number of hydrogen-bond donors (Lipinski definition) is 3. The molecular weight excluding hydrogens is 287 g/mol. The number of amides is 2. The smallest absolute Gasteiger partial charge is 0.262 e. The highest BCUT2D eigenvalue weighted by molar-refractivity contribution is 5.95. The fourth-order valence-electron chi connectivity index (χ4n) is 1.93. The molecule has 3 N–H and O–H groups in total. The normalized spacial score (nSPS) is 20.0. The van der Waals surface area contributed by atoms with Crippen molar-refractivity contribution in [3.05, 3.63) is 30.1 Å². The van der Waals surface area contributed by atoms with E-state index in [1.54, 1.807) is 0 Å². The molecular formula is C13H14F3N3O2. The van der Waals surface area contributed by atoms with Crippen LogP contribution in [0.4, 0.5) is 18.9 Å². The fourth-order valence-corrected chi connectivity index (χ4v) is 1.93. The summed E-state index contributed by atoms with van der Waals surface area (Å²) in [6.45, 7) is -0.896. The average molecular weight is 301 g/mol. The summed E-state index contributed by atoms with van der Waals surface area (Å²) in [4.78, 5) is 23.2. The van der Waals surface area contributed by atoms with E-state index in [9.17, 15) is 22.8 Å². The number of halogens is 3. The summed E-state index contributed by atoms with van der Waals surface area (Å²) >= 11 is 0. The number of hydrogen-bond acceptors (Lipinski definition) is 3. The third-order valence-corrected chi connectivity index (χ3v) is 2.98. The van der Waals surface area contributed by atoms with Gasteiger partial charge in [0, 0.05) is 12.1 Å². The summed E-state index contributed by atoms with van der Waals surface area (Å²) in [5, 5.41) is 7.11. The zero-order valence-electron chi connectivity index (χ0n) is 11.0. The van der Waals surface area contributed by atoms with E-state index in [4.69, 9.17) is 0 Å². The van der Waals surface area contributed by atoms with Crippen LogP contribution in [0.3, 0.4) is 0 Å². The SMILES string of the molecule is O=C(CNC(=O)C1CC(F)(F)CN1)Nc1ccc(F)cc1. The van der Waals surface area contributed by atoms with Crippen LogP contribution in [0.5, 0.6) is 0 Å². The average Bonchev–Trinajstić information content (AvgIpc) is 2.79. The molecule has 0 radical (unpaired) electrons. The molecule has 1 aliphatic heterocycles. The Morgan fingerprint density at radius 1 is 1.29 bits per heavy atom. The van der Waals surface area contributed by atoms with Gasteiger partial charge in [0.05, 0.1) is 19.1 Å². The van der Waals surface area contributed by atoms with Crippen molar-refractivity contribution >= 4 is 17.5 Å². The zero-order chi connectivity index (χ0) is 15.5. The fraction of sp³-hybridized carbons (Fsp3) is 0.385. The Morgan fingerprint density at radius 3 is 2.52 bits per heavy atom. The van der Waals surface area contributed by atoms with E-state index in [-0.39, 0.29) is 6.54 Å². The van der Waals surface area contributed by atoms with Crippen LogP contribution >= 0.6 is 0 Å².